The number of rotatable bonds is 7. The maximum Gasteiger partial charge on any atom is 0.250 e. The first kappa shape index (κ1) is 42.9. The van der Waals surface area contributed by atoms with Crippen molar-refractivity contribution in [3.63, 3.8) is 0 Å². The third-order valence-corrected chi connectivity index (χ3v) is 27.8. The molecule has 3 unspecified atom stereocenters. The van der Waals surface area contributed by atoms with Gasteiger partial charge in [-0.3, -0.25) is 0 Å². The molecule has 0 saturated carbocycles. The zero-order valence-corrected chi connectivity index (χ0v) is 42.4. The summed E-state index contributed by atoms with van der Waals surface area (Å²) in [5.41, 5.74) is 12.3. The Morgan fingerprint density at radius 3 is 1.63 bits per heavy atom. The quantitative estimate of drug-likeness (QED) is 0.172. The predicted octanol–water partition coefficient (Wildman–Crippen LogP) is 16.5. The number of fused-ring (bicyclic) bond motifs is 5. The fourth-order valence-electron chi connectivity index (χ4n) is 10.2. The molecule has 62 heavy (non-hydrogen) atoms. The molecule has 9 rings (SSSR count). The molecule has 0 spiro atoms. The van der Waals surface area contributed by atoms with Crippen LogP contribution in [0.25, 0.3) is 21.5 Å². The first-order valence-corrected chi connectivity index (χ1v) is 30.7. The lowest BCUT2D eigenvalue weighted by Crippen LogP contribution is -2.43. The molecular weight excluding hydrogens is 801 g/mol. The Morgan fingerprint density at radius 1 is 0.581 bits per heavy atom. The van der Waals surface area contributed by atoms with E-state index in [1.165, 1.54) is 57.1 Å². The van der Waals surface area contributed by atoms with Gasteiger partial charge in [0.15, 0.2) is 0 Å². The van der Waals surface area contributed by atoms with Crippen LogP contribution in [0.15, 0.2) is 165 Å². The monoisotopic (exact) mass is 867 g/mol. The lowest BCUT2D eigenvalue weighted by atomic mass is 9.86. The Morgan fingerprint density at radius 2 is 1.08 bits per heavy atom. The standard InChI is InChI=1S/C57H67O2Si3/c1-37-32-45-18-13-14-19-49(43-25-23-41-35-46(29-27-39(41)33-43)58-61(9,10)56(3,4)5)52(45)54(37)60-31-17-22-48-38(2)55(60)53-50(20-15-16-21-51(48)53)44-26-24-42-36-47(30-28-40(42)34-44)59-62(11,12)57(6,7)8/h13-16,18-21,23-30,33-36,48-50H,17,22,31-32H2,1-12H3. The summed E-state index contributed by atoms with van der Waals surface area (Å²) in [5.74, 6) is 2.92. The highest BCUT2D eigenvalue weighted by molar-refractivity contribution is 6.77. The molecule has 0 fully saturated rings. The van der Waals surface area contributed by atoms with Crippen molar-refractivity contribution < 1.29 is 8.85 Å². The second kappa shape index (κ2) is 15.7. The molecule has 4 aromatic rings. The molecule has 4 aromatic carbocycles. The lowest BCUT2D eigenvalue weighted by Gasteiger charge is -2.36. The van der Waals surface area contributed by atoms with E-state index in [1.54, 1.807) is 38.3 Å². The SMILES string of the molecule is CC1=C([Si]2CCCC3C(C)=C2C2=C3C=CC=CC2c2ccc3cc(O[Si](C)(C)C(C)(C)C)ccc3c2)C2=C(C=CC=CC2c2ccc3cc(O[Si](C)(C)C(C)(C)C)ccc3c2)C1. The van der Waals surface area contributed by atoms with Gasteiger partial charge in [0.05, 0.1) is 0 Å². The van der Waals surface area contributed by atoms with Crippen LogP contribution in [0.4, 0.5) is 0 Å². The topological polar surface area (TPSA) is 18.5 Å². The Labute approximate surface area is 376 Å². The van der Waals surface area contributed by atoms with Crippen molar-refractivity contribution in [2.75, 3.05) is 0 Å². The molecule has 1 aliphatic heterocycles. The number of hydrogen-bond acceptors (Lipinski definition) is 2. The molecule has 2 nitrogen and oxygen atoms in total. The first-order chi connectivity index (χ1) is 29.3. The van der Waals surface area contributed by atoms with E-state index < -0.39 is 25.4 Å². The minimum atomic E-state index is -1.94. The van der Waals surface area contributed by atoms with Gasteiger partial charge < -0.3 is 8.85 Å². The van der Waals surface area contributed by atoms with Crippen molar-refractivity contribution in [1.29, 1.82) is 0 Å². The summed E-state index contributed by atoms with van der Waals surface area (Å²) in [7, 11) is -5.01. The maximum absolute atomic E-state index is 6.75. The van der Waals surface area contributed by atoms with Crippen molar-refractivity contribution in [2.24, 2.45) is 5.92 Å². The van der Waals surface area contributed by atoms with Crippen LogP contribution in [0.3, 0.4) is 0 Å². The van der Waals surface area contributed by atoms with Crippen molar-refractivity contribution in [3.05, 3.63) is 176 Å². The van der Waals surface area contributed by atoms with Crippen LogP contribution < -0.4 is 8.85 Å². The summed E-state index contributed by atoms with van der Waals surface area (Å²) in [6.07, 6.45) is 22.7. The van der Waals surface area contributed by atoms with Gasteiger partial charge in [-0.25, -0.2) is 0 Å². The number of allylic oxidation sites excluding steroid dienone is 16. The zero-order chi connectivity index (χ0) is 43.9. The van der Waals surface area contributed by atoms with Gasteiger partial charge in [-0.2, -0.15) is 0 Å². The van der Waals surface area contributed by atoms with E-state index >= 15 is 0 Å². The second-order valence-electron chi connectivity index (χ2n) is 21.8. The molecule has 3 atom stereocenters. The van der Waals surface area contributed by atoms with E-state index in [0.29, 0.717) is 5.92 Å². The highest BCUT2D eigenvalue weighted by Crippen LogP contribution is 2.55. The second-order valence-corrected chi connectivity index (χ2v) is 33.7. The van der Waals surface area contributed by atoms with Gasteiger partial charge in [0, 0.05) is 17.8 Å². The fourth-order valence-corrected chi connectivity index (χ4v) is 16.1. The molecule has 0 N–H and O–H groups in total. The Kier molecular flexibility index (Phi) is 10.8. The maximum atomic E-state index is 6.75. The van der Waals surface area contributed by atoms with Gasteiger partial charge in [0.2, 0.25) is 16.6 Å². The molecular formula is C57H67O2Si3. The van der Waals surface area contributed by atoms with Crippen LogP contribution in [-0.4, -0.2) is 25.4 Å². The van der Waals surface area contributed by atoms with Gasteiger partial charge >= 0.3 is 0 Å². The summed E-state index contributed by atoms with van der Waals surface area (Å²) in [6, 6.07) is 29.2. The van der Waals surface area contributed by atoms with Gasteiger partial charge in [-0.1, -0.05) is 173 Å². The van der Waals surface area contributed by atoms with Crippen molar-refractivity contribution in [1.82, 2.24) is 0 Å². The van der Waals surface area contributed by atoms with Crippen molar-refractivity contribution in [3.8, 4) is 11.5 Å². The average Bonchev–Trinajstić information content (AvgIpc) is 3.36. The molecule has 0 saturated heterocycles. The van der Waals surface area contributed by atoms with Crippen molar-refractivity contribution >= 4 is 47.0 Å². The smallest absolute Gasteiger partial charge is 0.250 e. The minimum absolute atomic E-state index is 0.153. The van der Waals surface area contributed by atoms with E-state index in [9.17, 15) is 0 Å². The van der Waals surface area contributed by atoms with Gasteiger partial charge in [-0.05, 0) is 142 Å². The molecule has 0 aromatic heterocycles. The fraction of sp³-hybridized carbons (Fsp3) is 0.368. The predicted molar refractivity (Wildman–Crippen MR) is 273 cm³/mol. The lowest BCUT2D eigenvalue weighted by molar-refractivity contribution is 0.492. The first-order valence-electron chi connectivity index (χ1n) is 23.2. The average molecular weight is 868 g/mol. The van der Waals surface area contributed by atoms with Gasteiger partial charge in [0.25, 0.3) is 0 Å². The molecule has 2 bridgehead atoms. The Balaban J connectivity index is 1.07. The van der Waals surface area contributed by atoms with Crippen molar-refractivity contribution in [2.45, 2.75) is 129 Å². The van der Waals surface area contributed by atoms with E-state index in [-0.39, 0.29) is 21.9 Å². The van der Waals surface area contributed by atoms with E-state index in [4.69, 9.17) is 8.85 Å². The third-order valence-electron chi connectivity index (χ3n) is 15.7. The van der Waals surface area contributed by atoms with E-state index in [2.05, 4.69) is 203 Å². The summed E-state index contributed by atoms with van der Waals surface area (Å²) in [4.78, 5) is 0. The largest absolute Gasteiger partial charge is 0.543 e. The van der Waals surface area contributed by atoms with E-state index in [1.807, 2.05) is 0 Å². The molecule has 5 heteroatoms. The highest BCUT2D eigenvalue weighted by atomic mass is 28.4. The molecule has 1 radical (unpaired) electrons. The molecule has 0 amide bonds. The van der Waals surface area contributed by atoms with Crippen LogP contribution in [-0.2, 0) is 0 Å². The van der Waals surface area contributed by atoms with Gasteiger partial charge in [-0.15, -0.1) is 0 Å². The Hall–Kier alpha value is -4.43. The van der Waals surface area contributed by atoms with E-state index in [0.717, 1.165) is 17.9 Å². The summed E-state index contributed by atoms with van der Waals surface area (Å²) in [5, 5.41) is 8.79. The Bertz CT molecular complexity index is 2750. The summed E-state index contributed by atoms with van der Waals surface area (Å²) >= 11 is 0. The van der Waals surface area contributed by atoms with Crippen LogP contribution in [0.1, 0.15) is 97.6 Å². The third kappa shape index (κ3) is 7.60. The zero-order valence-electron chi connectivity index (χ0n) is 39.4. The minimum Gasteiger partial charge on any atom is -0.543 e. The number of hydrogen-bond donors (Lipinski definition) is 0. The highest BCUT2D eigenvalue weighted by Gasteiger charge is 2.45. The normalized spacial score (nSPS) is 22.2. The molecule has 5 aliphatic rings. The number of benzene rings is 4. The van der Waals surface area contributed by atoms with Crippen LogP contribution in [0, 0.1) is 5.92 Å². The summed E-state index contributed by atoms with van der Waals surface area (Å²) < 4.78 is 13.5. The van der Waals surface area contributed by atoms with Crippen LogP contribution in [0.2, 0.25) is 42.3 Å². The van der Waals surface area contributed by atoms with Crippen LogP contribution >= 0.6 is 0 Å². The molecule has 1 heterocycles. The molecule has 4 aliphatic carbocycles. The summed E-state index contributed by atoms with van der Waals surface area (Å²) in [6.45, 7) is 28.1. The van der Waals surface area contributed by atoms with Gasteiger partial charge in [0.1, 0.15) is 20.3 Å². The van der Waals surface area contributed by atoms with Crippen LogP contribution in [0.5, 0.6) is 11.5 Å². The molecule has 319 valence electrons.